The lowest BCUT2D eigenvalue weighted by atomic mass is 9.85. The summed E-state index contributed by atoms with van der Waals surface area (Å²) in [7, 11) is 0. The number of hydrogen-bond acceptors (Lipinski definition) is 5. The Morgan fingerprint density at radius 2 is 1.64 bits per heavy atom. The van der Waals surface area contributed by atoms with Crippen molar-refractivity contribution in [2.24, 2.45) is 11.8 Å². The lowest BCUT2D eigenvalue weighted by Crippen LogP contribution is -2.37. The second-order valence-electron chi connectivity index (χ2n) is 5.94. The zero-order valence-corrected chi connectivity index (χ0v) is 15.1. The molecule has 2 aliphatic rings. The maximum Gasteiger partial charge on any atom is 0.326 e. The maximum atomic E-state index is 12.3. The van der Waals surface area contributed by atoms with E-state index in [1.54, 1.807) is 12.1 Å². The molecule has 1 aliphatic heterocycles. The number of fused-ring (bicyclic) bond motifs is 1. The first-order chi connectivity index (χ1) is 12.1. The summed E-state index contributed by atoms with van der Waals surface area (Å²) in [5.74, 6) is -1.14. The Balaban J connectivity index is 1.42. The number of nitrogens with zero attached hydrogens (tertiary/aromatic N) is 1. The Morgan fingerprint density at radius 3 is 2.24 bits per heavy atom. The molecule has 1 aliphatic carbocycles. The molecule has 25 heavy (non-hydrogen) atoms. The van der Waals surface area contributed by atoms with Crippen LogP contribution >= 0.6 is 15.9 Å². The molecule has 0 radical (unpaired) electrons. The Hall–Kier alpha value is -2.15. The number of likely N-dealkylation sites (tertiary alicyclic amines) is 1. The Kier molecular flexibility index (Phi) is 5.53. The quantitative estimate of drug-likeness (QED) is 0.313. The van der Waals surface area contributed by atoms with Crippen LogP contribution in [-0.4, -0.2) is 42.4 Å². The van der Waals surface area contributed by atoms with E-state index in [2.05, 4.69) is 15.9 Å². The smallest absolute Gasteiger partial charge is 0.326 e. The Morgan fingerprint density at radius 1 is 1.04 bits per heavy atom. The summed E-state index contributed by atoms with van der Waals surface area (Å²) in [6.45, 7) is -0.0765. The van der Waals surface area contributed by atoms with E-state index in [-0.39, 0.29) is 43.4 Å². The monoisotopic (exact) mass is 407 g/mol. The topological polar surface area (TPSA) is 72.9 Å². The molecule has 0 N–H and O–H groups in total. The van der Waals surface area contributed by atoms with Crippen molar-refractivity contribution in [1.29, 1.82) is 0 Å². The summed E-state index contributed by atoms with van der Waals surface area (Å²) in [5.41, 5.74) is 0. The first kappa shape index (κ1) is 17.7. The number of esters is 1. The van der Waals surface area contributed by atoms with E-state index in [0.717, 1.165) is 9.37 Å². The normalized spacial score (nSPS) is 22.0. The minimum Gasteiger partial charge on any atom is -0.490 e. The Labute approximate surface area is 153 Å². The van der Waals surface area contributed by atoms with E-state index in [1.807, 2.05) is 24.3 Å². The summed E-state index contributed by atoms with van der Waals surface area (Å²) in [5, 5.41) is 0. The number of allylic oxidation sites excluding steroid dienone is 2. The molecule has 0 saturated carbocycles. The van der Waals surface area contributed by atoms with Crippen LogP contribution in [0.25, 0.3) is 0 Å². The van der Waals surface area contributed by atoms with Gasteiger partial charge in [0.1, 0.15) is 25.5 Å². The van der Waals surface area contributed by atoms with Crippen LogP contribution in [0.5, 0.6) is 5.75 Å². The van der Waals surface area contributed by atoms with Crippen molar-refractivity contribution in [2.45, 2.75) is 12.8 Å². The summed E-state index contributed by atoms with van der Waals surface area (Å²) in [4.78, 5) is 37.5. The lowest BCUT2D eigenvalue weighted by Gasteiger charge is -2.14. The lowest BCUT2D eigenvalue weighted by molar-refractivity contribution is -0.153. The molecule has 0 spiro atoms. The van der Waals surface area contributed by atoms with Gasteiger partial charge in [0.2, 0.25) is 11.8 Å². The molecule has 1 heterocycles. The molecule has 6 nitrogen and oxygen atoms in total. The van der Waals surface area contributed by atoms with Crippen LogP contribution in [0.2, 0.25) is 0 Å². The van der Waals surface area contributed by atoms with Gasteiger partial charge in [-0.05, 0) is 37.1 Å². The van der Waals surface area contributed by atoms with E-state index in [1.165, 1.54) is 0 Å². The van der Waals surface area contributed by atoms with Gasteiger partial charge in [0, 0.05) is 4.47 Å². The summed E-state index contributed by atoms with van der Waals surface area (Å²) in [6.07, 6.45) is 4.94. The SMILES string of the molecule is O=C(CN1C(=O)[C@H]2CC=CC[C@H]2C1=O)OCCOc1ccc(Br)cc1. The van der Waals surface area contributed by atoms with E-state index < -0.39 is 5.97 Å². The van der Waals surface area contributed by atoms with Gasteiger partial charge in [0.15, 0.2) is 0 Å². The van der Waals surface area contributed by atoms with Crippen molar-refractivity contribution in [3.8, 4) is 5.75 Å². The first-order valence-corrected chi connectivity index (χ1v) is 8.90. The summed E-state index contributed by atoms with van der Waals surface area (Å²) in [6, 6.07) is 7.28. The molecule has 0 aromatic heterocycles. The molecule has 1 fully saturated rings. The molecule has 0 unspecified atom stereocenters. The van der Waals surface area contributed by atoms with Crippen molar-refractivity contribution in [1.82, 2.24) is 4.90 Å². The number of benzene rings is 1. The van der Waals surface area contributed by atoms with Crippen LogP contribution in [0.4, 0.5) is 0 Å². The third kappa shape index (κ3) is 4.10. The third-order valence-corrected chi connectivity index (χ3v) is 4.84. The molecule has 1 aromatic carbocycles. The predicted octanol–water partition coefficient (Wildman–Crippen LogP) is 2.32. The predicted molar refractivity (Wildman–Crippen MR) is 92.7 cm³/mol. The largest absolute Gasteiger partial charge is 0.490 e. The average molecular weight is 408 g/mol. The molecule has 132 valence electrons. The fourth-order valence-electron chi connectivity index (χ4n) is 3.05. The maximum absolute atomic E-state index is 12.3. The molecule has 2 amide bonds. The van der Waals surface area contributed by atoms with Gasteiger partial charge in [-0.2, -0.15) is 0 Å². The number of halogens is 1. The van der Waals surface area contributed by atoms with Gasteiger partial charge in [-0.1, -0.05) is 28.1 Å². The number of carbonyl (C=O) groups is 3. The molecule has 3 rings (SSSR count). The second kappa shape index (κ2) is 7.82. The van der Waals surface area contributed by atoms with E-state index >= 15 is 0 Å². The van der Waals surface area contributed by atoms with E-state index in [9.17, 15) is 14.4 Å². The highest BCUT2D eigenvalue weighted by atomic mass is 79.9. The van der Waals surface area contributed by atoms with Gasteiger partial charge in [0.25, 0.3) is 0 Å². The van der Waals surface area contributed by atoms with Gasteiger partial charge in [0.05, 0.1) is 11.8 Å². The van der Waals surface area contributed by atoms with Crippen molar-refractivity contribution in [3.63, 3.8) is 0 Å². The average Bonchev–Trinajstić information content (AvgIpc) is 2.86. The highest BCUT2D eigenvalue weighted by Gasteiger charge is 2.47. The van der Waals surface area contributed by atoms with Crippen molar-refractivity contribution >= 4 is 33.7 Å². The van der Waals surface area contributed by atoms with Crippen LogP contribution in [0.1, 0.15) is 12.8 Å². The van der Waals surface area contributed by atoms with Crippen LogP contribution in [0, 0.1) is 11.8 Å². The number of hydrogen-bond donors (Lipinski definition) is 0. The zero-order valence-electron chi connectivity index (χ0n) is 13.5. The minimum atomic E-state index is -0.604. The zero-order chi connectivity index (χ0) is 17.8. The van der Waals surface area contributed by atoms with Gasteiger partial charge in [-0.25, -0.2) is 0 Å². The number of imide groups is 1. The van der Waals surface area contributed by atoms with Crippen LogP contribution < -0.4 is 4.74 Å². The van der Waals surface area contributed by atoms with Gasteiger partial charge in [-0.15, -0.1) is 0 Å². The number of amides is 2. The van der Waals surface area contributed by atoms with Crippen molar-refractivity contribution in [3.05, 3.63) is 40.9 Å². The number of rotatable bonds is 6. The molecule has 1 saturated heterocycles. The number of ether oxygens (including phenoxy) is 2. The highest BCUT2D eigenvalue weighted by Crippen LogP contribution is 2.34. The number of carbonyl (C=O) groups excluding carboxylic acids is 3. The van der Waals surface area contributed by atoms with Crippen molar-refractivity contribution < 1.29 is 23.9 Å². The molecular weight excluding hydrogens is 390 g/mol. The molecule has 1 aromatic rings. The standard InChI is InChI=1S/C18H18BrNO5/c19-12-5-7-13(8-6-12)24-9-10-25-16(21)11-20-17(22)14-3-1-2-4-15(14)18(20)23/h1-2,5-8,14-15H,3-4,9-11H2/t14-,15+. The fourth-order valence-corrected chi connectivity index (χ4v) is 3.31. The molecule has 2 atom stereocenters. The molecule has 0 bridgehead atoms. The molecular formula is C18H18BrNO5. The van der Waals surface area contributed by atoms with E-state index in [0.29, 0.717) is 18.6 Å². The van der Waals surface area contributed by atoms with E-state index in [4.69, 9.17) is 9.47 Å². The van der Waals surface area contributed by atoms with Gasteiger partial charge in [-0.3, -0.25) is 19.3 Å². The van der Waals surface area contributed by atoms with Gasteiger partial charge < -0.3 is 9.47 Å². The van der Waals surface area contributed by atoms with Gasteiger partial charge >= 0.3 is 5.97 Å². The Bertz CT molecular complexity index is 674. The van der Waals surface area contributed by atoms with Crippen molar-refractivity contribution in [2.75, 3.05) is 19.8 Å². The van der Waals surface area contributed by atoms with Crippen LogP contribution in [-0.2, 0) is 19.1 Å². The third-order valence-electron chi connectivity index (χ3n) is 4.31. The second-order valence-corrected chi connectivity index (χ2v) is 6.86. The van der Waals surface area contributed by atoms with Crippen LogP contribution in [0.15, 0.2) is 40.9 Å². The minimum absolute atomic E-state index is 0.0551. The highest BCUT2D eigenvalue weighted by molar-refractivity contribution is 9.10. The van der Waals surface area contributed by atoms with Crippen LogP contribution in [0.3, 0.4) is 0 Å². The first-order valence-electron chi connectivity index (χ1n) is 8.10. The summed E-state index contributed by atoms with van der Waals surface area (Å²) >= 11 is 3.33. The fraction of sp³-hybridized carbons (Fsp3) is 0.389. The summed E-state index contributed by atoms with van der Waals surface area (Å²) < 4.78 is 11.5. The molecule has 7 heteroatoms.